The van der Waals surface area contributed by atoms with Crippen molar-refractivity contribution in [3.63, 3.8) is 0 Å². The van der Waals surface area contributed by atoms with Gasteiger partial charge in [-0.2, -0.15) is 0 Å². The number of fused-ring (bicyclic) bond motifs is 1. The lowest BCUT2D eigenvalue weighted by molar-refractivity contribution is 0.0491. The normalized spacial score (nSPS) is 13.9. The van der Waals surface area contributed by atoms with E-state index in [-0.39, 0.29) is 18.3 Å². The maximum atomic E-state index is 12.8. The highest BCUT2D eigenvalue weighted by Crippen LogP contribution is 2.41. The summed E-state index contributed by atoms with van der Waals surface area (Å²) >= 11 is 0. The molecule has 0 bridgehead atoms. The Morgan fingerprint density at radius 2 is 1.70 bits per heavy atom. The monoisotopic (exact) mass is 372 g/mol. The van der Waals surface area contributed by atoms with Crippen LogP contribution in [0.4, 0.5) is 0 Å². The van der Waals surface area contributed by atoms with Gasteiger partial charge < -0.3 is 28.4 Å². The van der Waals surface area contributed by atoms with E-state index in [0.29, 0.717) is 34.3 Å². The molecular weight excluding hydrogens is 352 g/mol. The Morgan fingerprint density at radius 1 is 0.926 bits per heavy atom. The van der Waals surface area contributed by atoms with Gasteiger partial charge in [0.25, 0.3) is 0 Å². The Morgan fingerprint density at radius 3 is 2.37 bits per heavy atom. The molecule has 0 radical (unpaired) electrons. The van der Waals surface area contributed by atoms with E-state index in [2.05, 4.69) is 0 Å². The van der Waals surface area contributed by atoms with Crippen LogP contribution in [0.25, 0.3) is 6.08 Å². The minimum Gasteiger partial charge on any atom is -0.496 e. The van der Waals surface area contributed by atoms with E-state index in [4.69, 9.17) is 28.4 Å². The second kappa shape index (κ2) is 8.01. The van der Waals surface area contributed by atoms with Crippen LogP contribution in [0.5, 0.6) is 28.7 Å². The molecule has 0 atom stereocenters. The maximum Gasteiger partial charge on any atom is 0.235 e. The van der Waals surface area contributed by atoms with Crippen molar-refractivity contribution in [1.82, 2.24) is 0 Å². The van der Waals surface area contributed by atoms with Gasteiger partial charge in [-0.3, -0.25) is 4.79 Å². The van der Waals surface area contributed by atoms with Crippen molar-refractivity contribution in [2.75, 3.05) is 35.2 Å². The van der Waals surface area contributed by atoms with Crippen molar-refractivity contribution in [2.45, 2.75) is 0 Å². The molecule has 1 aliphatic rings. The first kappa shape index (κ1) is 18.6. The SMILES string of the molecule is COCOc1ccc(/C=C2\Oc3cc(OC)cc(OC)c3C2=O)cc1OC. The lowest BCUT2D eigenvalue weighted by Crippen LogP contribution is -2.02. The zero-order valence-corrected chi connectivity index (χ0v) is 15.5. The number of benzene rings is 2. The smallest absolute Gasteiger partial charge is 0.235 e. The third-order valence-electron chi connectivity index (χ3n) is 3.98. The van der Waals surface area contributed by atoms with E-state index in [0.717, 1.165) is 5.56 Å². The van der Waals surface area contributed by atoms with Gasteiger partial charge in [0.15, 0.2) is 24.1 Å². The molecule has 0 amide bonds. The van der Waals surface area contributed by atoms with E-state index in [1.807, 2.05) is 0 Å². The molecule has 7 heteroatoms. The van der Waals surface area contributed by atoms with Crippen LogP contribution in [-0.2, 0) is 4.74 Å². The molecule has 27 heavy (non-hydrogen) atoms. The molecule has 0 unspecified atom stereocenters. The number of hydrogen-bond donors (Lipinski definition) is 0. The molecule has 2 aromatic rings. The number of methoxy groups -OCH3 is 4. The number of hydrogen-bond acceptors (Lipinski definition) is 7. The summed E-state index contributed by atoms with van der Waals surface area (Å²) in [4.78, 5) is 12.8. The molecular formula is C20H20O7. The topological polar surface area (TPSA) is 72.5 Å². The largest absolute Gasteiger partial charge is 0.496 e. The number of carbonyl (C=O) groups excluding carboxylic acids is 1. The van der Waals surface area contributed by atoms with Crippen LogP contribution in [-0.4, -0.2) is 41.0 Å². The number of allylic oxidation sites excluding steroid dienone is 1. The van der Waals surface area contributed by atoms with Crippen molar-refractivity contribution in [2.24, 2.45) is 0 Å². The number of ether oxygens (including phenoxy) is 6. The summed E-state index contributed by atoms with van der Waals surface area (Å²) in [6, 6.07) is 8.57. The quantitative estimate of drug-likeness (QED) is 0.545. The molecule has 0 saturated heterocycles. The van der Waals surface area contributed by atoms with Gasteiger partial charge in [0.1, 0.15) is 22.8 Å². The first-order valence-corrected chi connectivity index (χ1v) is 8.11. The summed E-state index contributed by atoms with van der Waals surface area (Å²) < 4.78 is 31.9. The van der Waals surface area contributed by atoms with E-state index in [1.54, 1.807) is 36.4 Å². The van der Waals surface area contributed by atoms with Gasteiger partial charge in [0.2, 0.25) is 5.78 Å². The molecule has 0 N–H and O–H groups in total. The molecule has 142 valence electrons. The number of Topliss-reactive ketones (excluding diaryl/α,β-unsaturated/α-hetero) is 1. The fourth-order valence-corrected chi connectivity index (χ4v) is 2.70. The summed E-state index contributed by atoms with van der Waals surface area (Å²) in [6.45, 7) is 0.106. The van der Waals surface area contributed by atoms with Crippen molar-refractivity contribution in [1.29, 1.82) is 0 Å². The van der Waals surface area contributed by atoms with Crippen LogP contribution in [0, 0.1) is 0 Å². The highest BCUT2D eigenvalue weighted by molar-refractivity contribution is 6.16. The average Bonchev–Trinajstić information content (AvgIpc) is 3.01. The third kappa shape index (κ3) is 3.68. The Bertz CT molecular complexity index is 886. The summed E-state index contributed by atoms with van der Waals surface area (Å²) in [5, 5.41) is 0. The van der Waals surface area contributed by atoms with Gasteiger partial charge in [-0.25, -0.2) is 0 Å². The van der Waals surface area contributed by atoms with Crippen molar-refractivity contribution < 1.29 is 33.2 Å². The van der Waals surface area contributed by atoms with Crippen LogP contribution in [0.15, 0.2) is 36.1 Å². The van der Waals surface area contributed by atoms with Gasteiger partial charge in [0, 0.05) is 19.2 Å². The molecule has 0 aliphatic carbocycles. The fourth-order valence-electron chi connectivity index (χ4n) is 2.70. The Balaban J connectivity index is 1.93. The minimum atomic E-state index is -0.261. The summed E-state index contributed by atoms with van der Waals surface area (Å²) in [5.41, 5.74) is 1.09. The first-order valence-electron chi connectivity index (χ1n) is 8.11. The van der Waals surface area contributed by atoms with E-state index < -0.39 is 0 Å². The van der Waals surface area contributed by atoms with Crippen molar-refractivity contribution in [3.8, 4) is 28.7 Å². The number of ketones is 1. The van der Waals surface area contributed by atoms with E-state index >= 15 is 0 Å². The van der Waals surface area contributed by atoms with E-state index in [1.165, 1.54) is 28.4 Å². The first-order chi connectivity index (χ1) is 13.1. The molecule has 0 spiro atoms. The lowest BCUT2D eigenvalue weighted by atomic mass is 10.1. The molecule has 0 saturated carbocycles. The van der Waals surface area contributed by atoms with Gasteiger partial charge >= 0.3 is 0 Å². The predicted octanol–water partition coefficient (Wildman–Crippen LogP) is 3.31. The molecule has 7 nitrogen and oxygen atoms in total. The fraction of sp³-hybridized carbons (Fsp3) is 0.250. The van der Waals surface area contributed by atoms with Gasteiger partial charge in [-0.15, -0.1) is 0 Å². The summed E-state index contributed by atoms with van der Waals surface area (Å²) in [6.07, 6.45) is 1.64. The Kier molecular flexibility index (Phi) is 5.52. The molecule has 3 rings (SSSR count). The number of carbonyl (C=O) groups is 1. The van der Waals surface area contributed by atoms with E-state index in [9.17, 15) is 4.79 Å². The Labute approximate surface area is 157 Å². The second-order valence-electron chi connectivity index (χ2n) is 5.60. The molecule has 0 fully saturated rings. The summed E-state index contributed by atoms with van der Waals surface area (Å²) in [7, 11) is 6.10. The van der Waals surface area contributed by atoms with Crippen LogP contribution in [0.1, 0.15) is 15.9 Å². The number of rotatable bonds is 7. The van der Waals surface area contributed by atoms with Crippen LogP contribution < -0.4 is 23.7 Å². The van der Waals surface area contributed by atoms with Gasteiger partial charge in [-0.05, 0) is 23.8 Å². The highest BCUT2D eigenvalue weighted by Gasteiger charge is 2.32. The standard InChI is InChI=1S/C20H20O7/c1-22-11-26-14-6-5-12(7-15(14)24-3)8-18-20(21)19-16(25-4)9-13(23-2)10-17(19)27-18/h5-10H,11H2,1-4H3/b18-8-. The maximum absolute atomic E-state index is 12.8. The zero-order valence-electron chi connectivity index (χ0n) is 15.5. The van der Waals surface area contributed by atoms with Crippen LogP contribution in [0.3, 0.4) is 0 Å². The molecule has 0 aromatic heterocycles. The van der Waals surface area contributed by atoms with Gasteiger partial charge in [0.05, 0.1) is 21.3 Å². The van der Waals surface area contributed by atoms with Crippen molar-refractivity contribution in [3.05, 3.63) is 47.2 Å². The van der Waals surface area contributed by atoms with Crippen molar-refractivity contribution >= 4 is 11.9 Å². The summed E-state index contributed by atoms with van der Waals surface area (Å²) in [5.74, 6) is 2.32. The third-order valence-corrected chi connectivity index (χ3v) is 3.98. The lowest BCUT2D eigenvalue weighted by Gasteiger charge is -2.10. The van der Waals surface area contributed by atoms with Crippen LogP contribution in [0.2, 0.25) is 0 Å². The zero-order chi connectivity index (χ0) is 19.4. The second-order valence-corrected chi connectivity index (χ2v) is 5.60. The molecule has 1 aliphatic heterocycles. The Hall–Kier alpha value is -3.19. The molecule has 1 heterocycles. The average molecular weight is 372 g/mol. The van der Waals surface area contributed by atoms with Gasteiger partial charge in [-0.1, -0.05) is 6.07 Å². The predicted molar refractivity (Wildman–Crippen MR) is 98.0 cm³/mol. The highest BCUT2D eigenvalue weighted by atomic mass is 16.7. The minimum absolute atomic E-state index is 0.106. The molecule has 2 aromatic carbocycles. The van der Waals surface area contributed by atoms with Crippen LogP contribution >= 0.6 is 0 Å².